The number of pyridine rings is 1. The van der Waals surface area contributed by atoms with Gasteiger partial charge in [-0.25, -0.2) is 19.2 Å². The van der Waals surface area contributed by atoms with Crippen molar-refractivity contribution in [1.82, 2.24) is 20.3 Å². The van der Waals surface area contributed by atoms with Gasteiger partial charge in [0.2, 0.25) is 0 Å². The number of fused-ring (bicyclic) bond motifs is 2. The zero-order valence-corrected chi connectivity index (χ0v) is 17.6. The Bertz CT molecular complexity index is 1050. The Morgan fingerprint density at radius 2 is 2.09 bits per heavy atom. The van der Waals surface area contributed by atoms with Gasteiger partial charge in [-0.3, -0.25) is 14.7 Å². The lowest BCUT2D eigenvalue weighted by molar-refractivity contribution is -0.118. The van der Waals surface area contributed by atoms with Crippen molar-refractivity contribution in [3.8, 4) is 5.88 Å². The fourth-order valence-corrected chi connectivity index (χ4v) is 4.37. The molecule has 1 fully saturated rings. The van der Waals surface area contributed by atoms with Gasteiger partial charge in [0.25, 0.3) is 11.8 Å². The Labute approximate surface area is 183 Å². The Morgan fingerprint density at radius 3 is 2.94 bits per heavy atom. The number of rotatable bonds is 6. The smallest absolute Gasteiger partial charge is 0.415 e. The lowest BCUT2D eigenvalue weighted by atomic mass is 10.1. The molecule has 2 aliphatic heterocycles. The van der Waals surface area contributed by atoms with Crippen LogP contribution in [0.2, 0.25) is 0 Å². The summed E-state index contributed by atoms with van der Waals surface area (Å²) in [6, 6.07) is 0. The number of cyclic esters (lactones) is 1. The van der Waals surface area contributed by atoms with Gasteiger partial charge >= 0.3 is 6.09 Å². The predicted molar refractivity (Wildman–Crippen MR) is 111 cm³/mol. The van der Waals surface area contributed by atoms with E-state index in [1.165, 1.54) is 17.3 Å². The van der Waals surface area contributed by atoms with Crippen molar-refractivity contribution in [1.29, 1.82) is 0 Å². The van der Waals surface area contributed by atoms with Crippen molar-refractivity contribution >= 4 is 23.6 Å². The van der Waals surface area contributed by atoms with E-state index in [4.69, 9.17) is 9.47 Å². The summed E-state index contributed by atoms with van der Waals surface area (Å²) in [5.74, 6) is 0.495. The molecule has 0 radical (unpaired) electrons. The van der Waals surface area contributed by atoms with Crippen LogP contribution in [-0.2, 0) is 22.4 Å². The molecule has 2 aromatic heterocycles. The van der Waals surface area contributed by atoms with Gasteiger partial charge in [-0.1, -0.05) is 0 Å². The summed E-state index contributed by atoms with van der Waals surface area (Å²) in [4.78, 5) is 37.7. The Balaban J connectivity index is 1.11. The number of carbonyl (C=O) groups excluding carboxylic acids is 2. The zero-order valence-electron chi connectivity index (χ0n) is 17.6. The van der Waals surface area contributed by atoms with Gasteiger partial charge < -0.3 is 20.1 Å². The lowest BCUT2D eigenvalue weighted by Crippen LogP contribution is -2.30. The molecule has 2 atom stereocenters. The first-order valence-electron chi connectivity index (χ1n) is 10.6. The van der Waals surface area contributed by atoms with Gasteiger partial charge in [-0.05, 0) is 56.3 Å². The maximum absolute atomic E-state index is 14.0. The summed E-state index contributed by atoms with van der Waals surface area (Å²) in [5, 5.41) is 5.98. The number of amides is 2. The molecule has 0 spiro atoms. The molecule has 10 nitrogen and oxygen atoms in total. The second-order valence-electron chi connectivity index (χ2n) is 8.25. The van der Waals surface area contributed by atoms with E-state index >= 15 is 0 Å². The number of nitrogens with one attached hydrogen (secondary N) is 2. The molecule has 0 saturated carbocycles. The lowest BCUT2D eigenvalue weighted by Gasteiger charge is -2.18. The molecule has 2 amide bonds. The average molecular weight is 442 g/mol. The van der Waals surface area contributed by atoms with Crippen molar-refractivity contribution in [2.24, 2.45) is 5.92 Å². The summed E-state index contributed by atoms with van der Waals surface area (Å²) < 4.78 is 24.6. The van der Waals surface area contributed by atoms with Crippen molar-refractivity contribution in [2.75, 3.05) is 36.5 Å². The van der Waals surface area contributed by atoms with Crippen LogP contribution >= 0.6 is 0 Å². The summed E-state index contributed by atoms with van der Waals surface area (Å²) >= 11 is 0. The molecular weight excluding hydrogens is 419 g/mol. The number of halogens is 1. The largest absolute Gasteiger partial charge is 0.465 e. The molecular formula is C21H23FN6O4. The molecule has 11 heteroatoms. The van der Waals surface area contributed by atoms with E-state index in [2.05, 4.69) is 25.6 Å². The molecule has 3 aliphatic rings. The number of carbonyl (C=O) groups is 2. The predicted octanol–water partition coefficient (Wildman–Crippen LogP) is 1.37. The van der Waals surface area contributed by atoms with E-state index in [0.29, 0.717) is 37.7 Å². The molecule has 2 aromatic rings. The van der Waals surface area contributed by atoms with Gasteiger partial charge in [0.05, 0.1) is 18.9 Å². The van der Waals surface area contributed by atoms with E-state index in [1.54, 1.807) is 0 Å². The summed E-state index contributed by atoms with van der Waals surface area (Å²) in [7, 11) is 0. The number of anilines is 2. The summed E-state index contributed by atoms with van der Waals surface area (Å²) in [6.07, 6.45) is 4.10. The minimum atomic E-state index is -0.503. The molecule has 2 N–H and O–H groups in total. The van der Waals surface area contributed by atoms with Crippen LogP contribution < -0.4 is 20.3 Å². The quantitative estimate of drug-likeness (QED) is 0.644. The SMILES string of the molecule is Cc1ncc(F)c2c1C[C@@H](CNCC[C@H]1CN(c3cnc4c(n3)NC(=O)CO4)C(=O)O1)C2. The molecule has 0 unspecified atom stereocenters. The minimum Gasteiger partial charge on any atom is -0.465 e. The maximum Gasteiger partial charge on any atom is 0.415 e. The molecule has 4 heterocycles. The van der Waals surface area contributed by atoms with Crippen molar-refractivity contribution < 1.29 is 23.5 Å². The number of hydrogen-bond acceptors (Lipinski definition) is 8. The van der Waals surface area contributed by atoms with Crippen LogP contribution in [0, 0.1) is 18.7 Å². The van der Waals surface area contributed by atoms with E-state index in [0.717, 1.165) is 29.8 Å². The van der Waals surface area contributed by atoms with Crippen LogP contribution in [0.25, 0.3) is 0 Å². The Kier molecular flexibility index (Phi) is 5.33. The maximum atomic E-state index is 14.0. The van der Waals surface area contributed by atoms with Crippen molar-refractivity contribution in [3.63, 3.8) is 0 Å². The van der Waals surface area contributed by atoms with Crippen LogP contribution in [0.4, 0.5) is 20.8 Å². The van der Waals surface area contributed by atoms with E-state index in [1.807, 2.05) is 6.92 Å². The van der Waals surface area contributed by atoms with E-state index in [9.17, 15) is 14.0 Å². The zero-order chi connectivity index (χ0) is 22.2. The first-order valence-corrected chi connectivity index (χ1v) is 10.6. The highest BCUT2D eigenvalue weighted by Crippen LogP contribution is 2.30. The first-order chi connectivity index (χ1) is 15.5. The third-order valence-corrected chi connectivity index (χ3v) is 6.00. The van der Waals surface area contributed by atoms with Crippen LogP contribution in [0.1, 0.15) is 23.2 Å². The first kappa shape index (κ1) is 20.6. The Morgan fingerprint density at radius 1 is 1.25 bits per heavy atom. The summed E-state index contributed by atoms with van der Waals surface area (Å²) in [6.45, 7) is 3.57. The number of nitrogens with zero attached hydrogens (tertiary/aromatic N) is 4. The molecule has 1 saturated heterocycles. The van der Waals surface area contributed by atoms with Crippen molar-refractivity contribution in [3.05, 3.63) is 35.0 Å². The fraction of sp³-hybridized carbons (Fsp3) is 0.476. The normalized spacial score (nSPS) is 21.6. The molecule has 32 heavy (non-hydrogen) atoms. The highest BCUT2D eigenvalue weighted by molar-refractivity contribution is 5.94. The van der Waals surface area contributed by atoms with Gasteiger partial charge in [0.1, 0.15) is 11.9 Å². The second kappa shape index (κ2) is 8.30. The molecule has 5 rings (SSSR count). The molecule has 168 valence electrons. The fourth-order valence-electron chi connectivity index (χ4n) is 4.37. The highest BCUT2D eigenvalue weighted by atomic mass is 19.1. The van der Waals surface area contributed by atoms with Crippen LogP contribution in [-0.4, -0.2) is 59.3 Å². The summed E-state index contributed by atoms with van der Waals surface area (Å²) in [5.41, 5.74) is 2.72. The standard InChI is InChI=1S/C21H23FN6O4/c1-11-14-4-12(5-15(14)16(22)7-24-11)6-23-3-2-13-9-28(21(30)32-13)17-8-25-20-19(26-17)27-18(29)10-31-20/h7-8,12-13,23H,2-6,9-10H2,1H3,(H,26,27,29)/t12-,13+/m1/s1. The van der Waals surface area contributed by atoms with Crippen molar-refractivity contribution in [2.45, 2.75) is 32.3 Å². The van der Waals surface area contributed by atoms with Gasteiger partial charge in [-0.15, -0.1) is 0 Å². The minimum absolute atomic E-state index is 0.111. The third kappa shape index (κ3) is 3.95. The topological polar surface area (TPSA) is 119 Å². The van der Waals surface area contributed by atoms with E-state index < -0.39 is 6.09 Å². The van der Waals surface area contributed by atoms with Crippen LogP contribution in [0.3, 0.4) is 0 Å². The van der Waals surface area contributed by atoms with Gasteiger partial charge in [0.15, 0.2) is 18.2 Å². The second-order valence-corrected chi connectivity index (χ2v) is 8.25. The van der Waals surface area contributed by atoms with Crippen LogP contribution in [0.5, 0.6) is 5.88 Å². The number of aryl methyl sites for hydroxylation is 1. The number of hydrogen-bond donors (Lipinski definition) is 2. The highest BCUT2D eigenvalue weighted by Gasteiger charge is 2.34. The third-order valence-electron chi connectivity index (χ3n) is 6.00. The van der Waals surface area contributed by atoms with Crippen LogP contribution in [0.15, 0.2) is 12.4 Å². The monoisotopic (exact) mass is 442 g/mol. The van der Waals surface area contributed by atoms with Gasteiger partial charge in [0, 0.05) is 5.69 Å². The molecule has 1 aliphatic carbocycles. The van der Waals surface area contributed by atoms with Gasteiger partial charge in [-0.2, -0.15) is 0 Å². The molecule has 0 aromatic carbocycles. The number of aromatic nitrogens is 3. The average Bonchev–Trinajstić information content (AvgIpc) is 3.38. The van der Waals surface area contributed by atoms with E-state index in [-0.39, 0.29) is 36.1 Å². The molecule has 0 bridgehead atoms. The number of ether oxygens (including phenoxy) is 2. The Hall–Kier alpha value is -3.34.